The number of sulfonamides is 1. The molecule has 8 nitrogen and oxygen atoms in total. The van der Waals surface area contributed by atoms with Gasteiger partial charge < -0.3 is 10.2 Å². The normalized spacial score (nSPS) is 16.1. The molecule has 0 spiro atoms. The fourth-order valence-corrected chi connectivity index (χ4v) is 4.25. The van der Waals surface area contributed by atoms with Crippen molar-refractivity contribution in [2.45, 2.75) is 30.8 Å². The van der Waals surface area contributed by atoms with Crippen LogP contribution in [0.4, 0.5) is 17.6 Å². The molecule has 0 saturated carbocycles. The Morgan fingerprint density at radius 1 is 1.14 bits per heavy atom. The van der Waals surface area contributed by atoms with Crippen molar-refractivity contribution < 1.29 is 8.42 Å². The fraction of sp³-hybridized carbons (Fsp3) is 0.211. The van der Waals surface area contributed by atoms with E-state index in [-0.39, 0.29) is 10.9 Å². The molecule has 9 heteroatoms. The fourth-order valence-electron chi connectivity index (χ4n) is 3.45. The molecule has 28 heavy (non-hydrogen) atoms. The zero-order valence-corrected chi connectivity index (χ0v) is 16.1. The minimum Gasteiger partial charge on any atom is -0.350 e. The highest BCUT2D eigenvalue weighted by Crippen LogP contribution is 2.39. The number of primary sulfonamides is 1. The third kappa shape index (κ3) is 3.54. The molecule has 1 unspecified atom stereocenters. The lowest BCUT2D eigenvalue weighted by Gasteiger charge is -2.22. The van der Waals surface area contributed by atoms with Crippen molar-refractivity contribution in [3.8, 4) is 0 Å². The molecule has 4 rings (SSSR count). The van der Waals surface area contributed by atoms with E-state index in [0.29, 0.717) is 30.4 Å². The Kier molecular flexibility index (Phi) is 4.70. The molecular weight excluding hydrogens is 376 g/mol. The largest absolute Gasteiger partial charge is 0.350 e. The van der Waals surface area contributed by atoms with Gasteiger partial charge in [0.05, 0.1) is 4.90 Å². The molecular formula is C19H20N6O2S. The first kappa shape index (κ1) is 18.3. The standard InChI is InChI=1S/C19H20N6O2S/c1-13-10-15-16(8-5-9-17(15)28(20,26)27)25(13)19-23-12-22-18(24-19)21-11-14-6-3-2-4-7-14/h2-9,12-13H,10-11H2,1H3,(H2,20,26,27)(H,21,22,23,24). The molecule has 1 aliphatic heterocycles. The molecule has 3 aromatic rings. The Bertz CT molecular complexity index is 1100. The van der Waals surface area contributed by atoms with Crippen molar-refractivity contribution in [2.75, 3.05) is 10.2 Å². The van der Waals surface area contributed by atoms with Gasteiger partial charge in [-0.25, -0.2) is 23.5 Å². The average Bonchev–Trinajstić information content (AvgIpc) is 3.02. The summed E-state index contributed by atoms with van der Waals surface area (Å²) >= 11 is 0. The van der Waals surface area contributed by atoms with E-state index in [1.807, 2.05) is 48.2 Å². The number of nitrogens with two attached hydrogens (primary N) is 1. The summed E-state index contributed by atoms with van der Waals surface area (Å²) in [7, 11) is -3.80. The van der Waals surface area contributed by atoms with Crippen LogP contribution >= 0.6 is 0 Å². The van der Waals surface area contributed by atoms with Gasteiger partial charge in [0, 0.05) is 18.3 Å². The number of aromatic nitrogens is 3. The van der Waals surface area contributed by atoms with E-state index in [1.54, 1.807) is 6.07 Å². The number of nitrogens with one attached hydrogen (secondary N) is 1. The smallest absolute Gasteiger partial charge is 0.238 e. The van der Waals surface area contributed by atoms with Crippen molar-refractivity contribution >= 4 is 27.6 Å². The van der Waals surface area contributed by atoms with E-state index >= 15 is 0 Å². The van der Waals surface area contributed by atoms with Crippen LogP contribution in [0.3, 0.4) is 0 Å². The Morgan fingerprint density at radius 3 is 2.68 bits per heavy atom. The van der Waals surface area contributed by atoms with Gasteiger partial charge in [-0.3, -0.25) is 0 Å². The van der Waals surface area contributed by atoms with Crippen LogP contribution in [0, 0.1) is 0 Å². The zero-order chi connectivity index (χ0) is 19.7. The molecule has 0 fully saturated rings. The first-order valence-electron chi connectivity index (χ1n) is 8.84. The summed E-state index contributed by atoms with van der Waals surface area (Å²) < 4.78 is 23.8. The third-order valence-electron chi connectivity index (χ3n) is 4.68. The van der Waals surface area contributed by atoms with E-state index in [2.05, 4.69) is 20.3 Å². The summed E-state index contributed by atoms with van der Waals surface area (Å²) in [5, 5.41) is 8.58. The summed E-state index contributed by atoms with van der Waals surface area (Å²) in [6, 6.07) is 15.0. The summed E-state index contributed by atoms with van der Waals surface area (Å²) in [6.45, 7) is 2.58. The predicted octanol–water partition coefficient (Wildman–Crippen LogP) is 2.21. The van der Waals surface area contributed by atoms with E-state index in [1.165, 1.54) is 12.4 Å². The monoisotopic (exact) mass is 396 g/mol. The van der Waals surface area contributed by atoms with Gasteiger partial charge in [0.1, 0.15) is 6.33 Å². The highest BCUT2D eigenvalue weighted by Gasteiger charge is 2.33. The van der Waals surface area contributed by atoms with E-state index in [0.717, 1.165) is 11.3 Å². The number of fused-ring (bicyclic) bond motifs is 1. The van der Waals surface area contributed by atoms with Gasteiger partial charge in [0.15, 0.2) is 0 Å². The molecule has 144 valence electrons. The highest BCUT2D eigenvalue weighted by atomic mass is 32.2. The van der Waals surface area contributed by atoms with Crippen LogP contribution in [-0.2, 0) is 23.0 Å². The molecule has 1 atom stereocenters. The summed E-state index contributed by atoms with van der Waals surface area (Å²) in [4.78, 5) is 15.1. The molecule has 0 amide bonds. The maximum Gasteiger partial charge on any atom is 0.238 e. The van der Waals surface area contributed by atoms with Crippen molar-refractivity contribution in [2.24, 2.45) is 5.14 Å². The van der Waals surface area contributed by atoms with E-state index in [9.17, 15) is 8.42 Å². The van der Waals surface area contributed by atoms with Gasteiger partial charge >= 0.3 is 0 Å². The van der Waals surface area contributed by atoms with Crippen LogP contribution in [0.25, 0.3) is 0 Å². The van der Waals surface area contributed by atoms with Crippen molar-refractivity contribution in [3.05, 3.63) is 66.0 Å². The Hall–Kier alpha value is -3.04. The SMILES string of the molecule is CC1Cc2c(cccc2S(N)(=O)=O)N1c1ncnc(NCc2ccccc2)n1. The first-order valence-corrected chi connectivity index (χ1v) is 10.4. The second-order valence-electron chi connectivity index (χ2n) is 6.67. The molecule has 2 aromatic carbocycles. The lowest BCUT2D eigenvalue weighted by Crippen LogP contribution is -2.26. The van der Waals surface area contributed by atoms with Gasteiger partial charge in [0.2, 0.25) is 21.9 Å². The maximum atomic E-state index is 11.9. The Morgan fingerprint density at radius 2 is 1.93 bits per heavy atom. The molecule has 1 aromatic heterocycles. The molecule has 3 N–H and O–H groups in total. The molecule has 0 radical (unpaired) electrons. The van der Waals surface area contributed by atoms with Crippen LogP contribution in [0.5, 0.6) is 0 Å². The topological polar surface area (TPSA) is 114 Å². The zero-order valence-electron chi connectivity index (χ0n) is 15.3. The lowest BCUT2D eigenvalue weighted by molar-refractivity contribution is 0.596. The summed E-state index contributed by atoms with van der Waals surface area (Å²) in [6.07, 6.45) is 1.99. The maximum absolute atomic E-state index is 11.9. The van der Waals surface area contributed by atoms with Crippen LogP contribution < -0.4 is 15.4 Å². The van der Waals surface area contributed by atoms with Crippen molar-refractivity contribution in [1.82, 2.24) is 15.0 Å². The second-order valence-corrected chi connectivity index (χ2v) is 8.20. The highest BCUT2D eigenvalue weighted by molar-refractivity contribution is 7.89. The van der Waals surface area contributed by atoms with Gasteiger partial charge in [-0.1, -0.05) is 36.4 Å². The number of anilines is 3. The van der Waals surface area contributed by atoms with Crippen LogP contribution in [0.2, 0.25) is 0 Å². The second kappa shape index (κ2) is 7.17. The van der Waals surface area contributed by atoms with Gasteiger partial charge in [-0.05, 0) is 36.6 Å². The average molecular weight is 396 g/mol. The Labute approximate surface area is 163 Å². The number of benzene rings is 2. The first-order chi connectivity index (χ1) is 13.4. The van der Waals surface area contributed by atoms with Crippen LogP contribution in [-0.4, -0.2) is 29.4 Å². The van der Waals surface area contributed by atoms with Crippen molar-refractivity contribution in [1.29, 1.82) is 0 Å². The quantitative estimate of drug-likeness (QED) is 0.679. The lowest BCUT2D eigenvalue weighted by atomic mass is 10.1. The minimum absolute atomic E-state index is 0.0118. The number of rotatable bonds is 5. The molecule has 0 aliphatic carbocycles. The molecule has 1 aliphatic rings. The summed E-state index contributed by atoms with van der Waals surface area (Å²) in [5.41, 5.74) is 2.55. The summed E-state index contributed by atoms with van der Waals surface area (Å²) in [5.74, 6) is 0.917. The van der Waals surface area contributed by atoms with E-state index in [4.69, 9.17) is 5.14 Å². The van der Waals surface area contributed by atoms with Crippen molar-refractivity contribution in [3.63, 3.8) is 0 Å². The van der Waals surface area contributed by atoms with Gasteiger partial charge in [-0.2, -0.15) is 4.98 Å². The van der Waals surface area contributed by atoms with Crippen LogP contribution in [0.15, 0.2) is 59.8 Å². The molecule has 2 heterocycles. The number of hydrogen-bond acceptors (Lipinski definition) is 7. The molecule has 0 bridgehead atoms. The van der Waals surface area contributed by atoms with E-state index < -0.39 is 10.0 Å². The number of hydrogen-bond donors (Lipinski definition) is 2. The predicted molar refractivity (Wildman–Crippen MR) is 107 cm³/mol. The minimum atomic E-state index is -3.80. The van der Waals surface area contributed by atoms with Crippen LogP contribution in [0.1, 0.15) is 18.1 Å². The van der Waals surface area contributed by atoms with Gasteiger partial charge in [-0.15, -0.1) is 0 Å². The molecule has 0 saturated heterocycles. The van der Waals surface area contributed by atoms with Gasteiger partial charge in [0.25, 0.3) is 0 Å². The third-order valence-corrected chi connectivity index (χ3v) is 5.68. The Balaban J connectivity index is 1.64. The number of nitrogens with zero attached hydrogens (tertiary/aromatic N) is 4.